The van der Waals surface area contributed by atoms with Crippen molar-refractivity contribution in [1.29, 1.82) is 0 Å². The van der Waals surface area contributed by atoms with E-state index in [0.29, 0.717) is 6.54 Å². The third-order valence-corrected chi connectivity index (χ3v) is 3.19. The van der Waals surface area contributed by atoms with Crippen molar-refractivity contribution in [3.8, 4) is 0 Å². The Labute approximate surface area is 102 Å². The van der Waals surface area contributed by atoms with Crippen LogP contribution in [0.4, 0.5) is 13.2 Å². The molecule has 1 aliphatic rings. The highest BCUT2D eigenvalue weighted by Crippen LogP contribution is 2.23. The van der Waals surface area contributed by atoms with Crippen LogP contribution in [0, 0.1) is 5.92 Å². The van der Waals surface area contributed by atoms with Gasteiger partial charge in [0.1, 0.15) is 0 Å². The second kappa shape index (κ2) is 6.05. The molecule has 0 aromatic heterocycles. The summed E-state index contributed by atoms with van der Waals surface area (Å²) in [4.78, 5) is 3.80. The van der Waals surface area contributed by atoms with Crippen molar-refractivity contribution >= 4 is 0 Å². The summed E-state index contributed by atoms with van der Waals surface area (Å²) < 4.78 is 37.6. The van der Waals surface area contributed by atoms with Crippen LogP contribution >= 0.6 is 0 Å². The second-order valence-corrected chi connectivity index (χ2v) is 5.47. The minimum absolute atomic E-state index is 0.0928. The Morgan fingerprint density at radius 2 is 1.76 bits per heavy atom. The molecule has 0 spiro atoms. The molecule has 0 bridgehead atoms. The first-order chi connectivity index (χ1) is 7.78. The summed E-state index contributed by atoms with van der Waals surface area (Å²) in [6.07, 6.45) is -2.39. The van der Waals surface area contributed by atoms with Crippen molar-refractivity contribution < 1.29 is 13.2 Å². The van der Waals surface area contributed by atoms with Crippen molar-refractivity contribution in [1.82, 2.24) is 9.80 Å². The topological polar surface area (TPSA) is 6.48 Å². The molecular weight excluding hydrogens is 229 g/mol. The smallest absolute Gasteiger partial charge is 0.306 e. The molecule has 2 nitrogen and oxygen atoms in total. The number of likely N-dealkylation sites (tertiary alicyclic amines) is 1. The van der Waals surface area contributed by atoms with E-state index in [1.807, 2.05) is 20.9 Å². The first-order valence-electron chi connectivity index (χ1n) is 6.27. The van der Waals surface area contributed by atoms with E-state index in [1.165, 1.54) is 0 Å². The molecule has 0 aromatic rings. The molecular formula is C12H23F3N2. The number of nitrogens with zero attached hydrogens (tertiary/aromatic N) is 2. The van der Waals surface area contributed by atoms with Gasteiger partial charge in [0.15, 0.2) is 0 Å². The van der Waals surface area contributed by atoms with E-state index in [4.69, 9.17) is 0 Å². The quantitative estimate of drug-likeness (QED) is 0.759. The van der Waals surface area contributed by atoms with Gasteiger partial charge in [0.05, 0.1) is 6.54 Å². The molecule has 0 radical (unpaired) electrons. The third kappa shape index (κ3) is 5.73. The monoisotopic (exact) mass is 252 g/mol. The van der Waals surface area contributed by atoms with Gasteiger partial charge in [0, 0.05) is 12.6 Å². The number of alkyl halides is 3. The molecule has 0 aliphatic carbocycles. The Bertz CT molecular complexity index is 220. The van der Waals surface area contributed by atoms with Gasteiger partial charge in [-0.3, -0.25) is 4.90 Å². The van der Waals surface area contributed by atoms with Gasteiger partial charge >= 0.3 is 6.18 Å². The van der Waals surface area contributed by atoms with Crippen LogP contribution in [0.1, 0.15) is 26.7 Å². The predicted molar refractivity (Wildman–Crippen MR) is 63.0 cm³/mol. The summed E-state index contributed by atoms with van der Waals surface area (Å²) in [7, 11) is 2.02. The van der Waals surface area contributed by atoms with E-state index in [1.54, 1.807) is 4.90 Å². The Kier molecular flexibility index (Phi) is 5.25. The van der Waals surface area contributed by atoms with Gasteiger partial charge in [-0.2, -0.15) is 13.2 Å². The van der Waals surface area contributed by atoms with E-state index in [9.17, 15) is 13.2 Å². The maximum absolute atomic E-state index is 12.5. The molecule has 0 amide bonds. The standard InChI is InChI=1S/C12H23F3N2/c1-10(2)8-17(9-12(13,14)15)11-4-6-16(3)7-5-11/h10-11H,4-9H2,1-3H3. The van der Waals surface area contributed by atoms with Gasteiger partial charge < -0.3 is 4.90 Å². The van der Waals surface area contributed by atoms with Crippen LogP contribution in [-0.2, 0) is 0 Å². The van der Waals surface area contributed by atoms with Crippen LogP contribution < -0.4 is 0 Å². The Balaban J connectivity index is 2.56. The zero-order chi connectivity index (χ0) is 13.1. The third-order valence-electron chi connectivity index (χ3n) is 3.19. The van der Waals surface area contributed by atoms with Crippen molar-refractivity contribution in [2.24, 2.45) is 5.92 Å². The van der Waals surface area contributed by atoms with Crippen molar-refractivity contribution in [3.05, 3.63) is 0 Å². The maximum Gasteiger partial charge on any atom is 0.401 e. The Hall–Kier alpha value is -0.290. The lowest BCUT2D eigenvalue weighted by atomic mass is 10.0. The molecule has 1 fully saturated rings. The molecule has 0 aromatic carbocycles. The molecule has 17 heavy (non-hydrogen) atoms. The number of rotatable bonds is 4. The molecule has 1 saturated heterocycles. The zero-order valence-electron chi connectivity index (χ0n) is 10.9. The molecule has 0 atom stereocenters. The number of piperidine rings is 1. The van der Waals surface area contributed by atoms with Crippen LogP contribution in [0.15, 0.2) is 0 Å². The number of halogens is 3. The summed E-state index contributed by atoms with van der Waals surface area (Å²) in [5.41, 5.74) is 0. The molecule has 5 heteroatoms. The van der Waals surface area contributed by atoms with Crippen LogP contribution in [0.25, 0.3) is 0 Å². The van der Waals surface area contributed by atoms with Crippen LogP contribution in [0.5, 0.6) is 0 Å². The highest BCUT2D eigenvalue weighted by atomic mass is 19.4. The molecule has 102 valence electrons. The van der Waals surface area contributed by atoms with Gasteiger partial charge in [0.25, 0.3) is 0 Å². The Morgan fingerprint density at radius 1 is 1.24 bits per heavy atom. The Morgan fingerprint density at radius 3 is 2.18 bits per heavy atom. The summed E-state index contributed by atoms with van der Waals surface area (Å²) in [5, 5.41) is 0. The van der Waals surface area contributed by atoms with E-state index in [0.717, 1.165) is 25.9 Å². The normalized spacial score (nSPS) is 20.5. The summed E-state index contributed by atoms with van der Waals surface area (Å²) in [6, 6.07) is 0.0928. The molecule has 1 aliphatic heterocycles. The van der Waals surface area contributed by atoms with Gasteiger partial charge in [-0.1, -0.05) is 13.8 Å². The first-order valence-corrected chi connectivity index (χ1v) is 6.27. The lowest BCUT2D eigenvalue weighted by Crippen LogP contribution is -2.48. The minimum atomic E-state index is -4.09. The zero-order valence-corrected chi connectivity index (χ0v) is 10.9. The fraction of sp³-hybridized carbons (Fsp3) is 1.00. The van der Waals surface area contributed by atoms with Crippen molar-refractivity contribution in [2.45, 2.75) is 38.9 Å². The van der Waals surface area contributed by atoms with Gasteiger partial charge in [0.2, 0.25) is 0 Å². The lowest BCUT2D eigenvalue weighted by Gasteiger charge is -2.38. The van der Waals surface area contributed by atoms with E-state index < -0.39 is 12.7 Å². The van der Waals surface area contributed by atoms with Crippen molar-refractivity contribution in [3.63, 3.8) is 0 Å². The fourth-order valence-corrected chi connectivity index (χ4v) is 2.40. The second-order valence-electron chi connectivity index (χ2n) is 5.47. The van der Waals surface area contributed by atoms with Gasteiger partial charge in [-0.15, -0.1) is 0 Å². The van der Waals surface area contributed by atoms with E-state index in [2.05, 4.69) is 4.90 Å². The van der Waals surface area contributed by atoms with Crippen LogP contribution in [-0.4, -0.2) is 55.2 Å². The average molecular weight is 252 g/mol. The minimum Gasteiger partial charge on any atom is -0.306 e. The average Bonchev–Trinajstić information content (AvgIpc) is 2.14. The number of hydrogen-bond donors (Lipinski definition) is 0. The number of hydrogen-bond acceptors (Lipinski definition) is 2. The van der Waals surface area contributed by atoms with Crippen LogP contribution in [0.2, 0.25) is 0 Å². The largest absolute Gasteiger partial charge is 0.401 e. The molecule has 0 unspecified atom stereocenters. The highest BCUT2D eigenvalue weighted by molar-refractivity contribution is 4.80. The SMILES string of the molecule is CC(C)CN(CC(F)(F)F)C1CCN(C)CC1. The van der Waals surface area contributed by atoms with Crippen LogP contribution in [0.3, 0.4) is 0 Å². The van der Waals surface area contributed by atoms with Crippen molar-refractivity contribution in [2.75, 3.05) is 33.2 Å². The maximum atomic E-state index is 12.5. The predicted octanol–water partition coefficient (Wildman–Crippen LogP) is 2.60. The molecule has 1 heterocycles. The van der Waals surface area contributed by atoms with Gasteiger partial charge in [-0.05, 0) is 38.9 Å². The fourth-order valence-electron chi connectivity index (χ4n) is 2.40. The van der Waals surface area contributed by atoms with E-state index in [-0.39, 0.29) is 12.0 Å². The summed E-state index contributed by atoms with van der Waals surface area (Å²) >= 11 is 0. The molecule has 0 N–H and O–H groups in total. The highest BCUT2D eigenvalue weighted by Gasteiger charge is 2.34. The summed E-state index contributed by atoms with van der Waals surface area (Å²) in [5.74, 6) is 0.275. The lowest BCUT2D eigenvalue weighted by molar-refractivity contribution is -0.153. The molecule has 1 rings (SSSR count). The molecule has 0 saturated carbocycles. The van der Waals surface area contributed by atoms with E-state index >= 15 is 0 Å². The van der Waals surface area contributed by atoms with Gasteiger partial charge in [-0.25, -0.2) is 0 Å². The summed E-state index contributed by atoms with van der Waals surface area (Å²) in [6.45, 7) is 5.51. The first kappa shape index (κ1) is 14.8.